The van der Waals surface area contributed by atoms with Gasteiger partial charge in [-0.05, 0) is 19.1 Å². The van der Waals surface area contributed by atoms with Crippen LogP contribution < -0.4 is 4.72 Å². The van der Waals surface area contributed by atoms with Crippen molar-refractivity contribution < 1.29 is 27.6 Å². The summed E-state index contributed by atoms with van der Waals surface area (Å²) in [4.78, 5) is 19.4. The van der Waals surface area contributed by atoms with Crippen molar-refractivity contribution in [2.75, 3.05) is 0 Å². The minimum Gasteiger partial charge on any atom is -0.480 e. The minimum atomic E-state index is -4.44. The van der Waals surface area contributed by atoms with Crippen LogP contribution in [0.5, 0.6) is 0 Å². The zero-order valence-electron chi connectivity index (χ0n) is 9.53. The Kier molecular flexibility index (Phi) is 4.17. The maximum absolute atomic E-state index is 12.9. The molecule has 1 rings (SSSR count). The van der Waals surface area contributed by atoms with Gasteiger partial charge < -0.3 is 5.11 Å². The molecular weight excluding hydrogens is 283 g/mol. The Morgan fingerprint density at radius 2 is 2.11 bits per heavy atom. The molecule has 8 nitrogen and oxygen atoms in total. The second-order valence-corrected chi connectivity index (χ2v) is 5.23. The fourth-order valence-electron chi connectivity index (χ4n) is 1.21. The molecule has 104 valence electrons. The highest BCUT2D eigenvalue weighted by Crippen LogP contribution is 2.24. The molecule has 19 heavy (non-hydrogen) atoms. The number of hydrogen-bond acceptors (Lipinski definition) is 5. The van der Waals surface area contributed by atoms with Crippen molar-refractivity contribution in [1.29, 1.82) is 0 Å². The van der Waals surface area contributed by atoms with Crippen LogP contribution in [0.1, 0.15) is 6.92 Å². The number of hydrogen-bond donors (Lipinski definition) is 2. The molecule has 10 heteroatoms. The molecule has 0 saturated carbocycles. The second kappa shape index (κ2) is 5.28. The number of rotatable bonds is 5. The molecule has 0 aliphatic heterocycles. The van der Waals surface area contributed by atoms with Crippen LogP contribution >= 0.6 is 0 Å². The van der Waals surface area contributed by atoms with E-state index in [9.17, 15) is 27.7 Å². The minimum absolute atomic E-state index is 0.444. The van der Waals surface area contributed by atoms with Gasteiger partial charge in [0.15, 0.2) is 4.90 Å². The summed E-state index contributed by atoms with van der Waals surface area (Å²) in [6.07, 6.45) is 0. The normalized spacial score (nSPS) is 12.9. The summed E-state index contributed by atoms with van der Waals surface area (Å²) in [5.74, 6) is -2.43. The van der Waals surface area contributed by atoms with E-state index in [0.29, 0.717) is 12.1 Å². The molecule has 0 amide bonds. The SMILES string of the molecule is C[C@H](NS(=O)(=O)c1ccc(F)cc1[N+](=O)[O-])C(=O)O. The van der Waals surface area contributed by atoms with Gasteiger partial charge in [-0.2, -0.15) is 4.72 Å². The quantitative estimate of drug-likeness (QED) is 0.600. The maximum Gasteiger partial charge on any atom is 0.321 e. The predicted molar refractivity (Wildman–Crippen MR) is 60.5 cm³/mol. The van der Waals surface area contributed by atoms with Gasteiger partial charge in [0, 0.05) is 0 Å². The number of sulfonamides is 1. The molecule has 0 fully saturated rings. The predicted octanol–water partition coefficient (Wildman–Crippen LogP) is 0.485. The largest absolute Gasteiger partial charge is 0.480 e. The molecule has 0 aromatic heterocycles. The highest BCUT2D eigenvalue weighted by Gasteiger charge is 2.29. The highest BCUT2D eigenvalue weighted by atomic mass is 32.2. The number of carboxylic acid groups (broad SMARTS) is 1. The van der Waals surface area contributed by atoms with E-state index in [4.69, 9.17) is 5.11 Å². The van der Waals surface area contributed by atoms with Crippen molar-refractivity contribution in [2.24, 2.45) is 0 Å². The monoisotopic (exact) mass is 292 g/mol. The fourth-order valence-corrected chi connectivity index (χ4v) is 2.56. The van der Waals surface area contributed by atoms with Crippen LogP contribution in [-0.2, 0) is 14.8 Å². The molecule has 1 atom stereocenters. The van der Waals surface area contributed by atoms with Crippen molar-refractivity contribution in [3.8, 4) is 0 Å². The van der Waals surface area contributed by atoms with Crippen molar-refractivity contribution in [3.63, 3.8) is 0 Å². The molecule has 0 saturated heterocycles. The van der Waals surface area contributed by atoms with Crippen molar-refractivity contribution in [3.05, 3.63) is 34.1 Å². The Labute approximate surface area is 107 Å². The molecule has 0 spiro atoms. The maximum atomic E-state index is 12.9. The first-order chi connectivity index (χ1) is 8.65. The molecule has 0 radical (unpaired) electrons. The number of benzene rings is 1. The summed E-state index contributed by atoms with van der Waals surface area (Å²) in [6.45, 7) is 1.05. The number of nitrogens with zero attached hydrogens (tertiary/aromatic N) is 1. The number of halogens is 1. The van der Waals surface area contributed by atoms with E-state index in [0.717, 1.165) is 13.0 Å². The average Bonchev–Trinajstić information content (AvgIpc) is 2.27. The van der Waals surface area contributed by atoms with E-state index >= 15 is 0 Å². The Morgan fingerprint density at radius 3 is 2.58 bits per heavy atom. The zero-order chi connectivity index (χ0) is 14.8. The molecule has 2 N–H and O–H groups in total. The molecule has 0 aliphatic rings. The van der Waals surface area contributed by atoms with Crippen LogP contribution in [0.2, 0.25) is 0 Å². The van der Waals surface area contributed by atoms with Crippen LogP contribution in [0.3, 0.4) is 0 Å². The molecule has 0 aliphatic carbocycles. The summed E-state index contributed by atoms with van der Waals surface area (Å²) < 4.78 is 38.2. The lowest BCUT2D eigenvalue weighted by molar-refractivity contribution is -0.388. The van der Waals surface area contributed by atoms with E-state index in [2.05, 4.69) is 0 Å². The molecule has 1 aromatic carbocycles. The Bertz CT molecular complexity index is 630. The number of nitrogens with one attached hydrogen (secondary N) is 1. The van der Waals surface area contributed by atoms with E-state index in [1.54, 1.807) is 4.72 Å². The number of carbonyl (C=O) groups is 1. The summed E-state index contributed by atoms with van der Waals surface area (Å²) in [5, 5.41) is 19.3. The Morgan fingerprint density at radius 1 is 1.53 bits per heavy atom. The first kappa shape index (κ1) is 15.0. The molecule has 0 heterocycles. The lowest BCUT2D eigenvalue weighted by Crippen LogP contribution is -2.38. The van der Waals surface area contributed by atoms with Crippen LogP contribution in [0.25, 0.3) is 0 Å². The van der Waals surface area contributed by atoms with Crippen LogP contribution in [0.15, 0.2) is 23.1 Å². The Hall–Kier alpha value is -2.07. The molecule has 0 bridgehead atoms. The van der Waals surface area contributed by atoms with Gasteiger partial charge in [-0.3, -0.25) is 14.9 Å². The number of nitro groups is 1. The van der Waals surface area contributed by atoms with Crippen molar-refractivity contribution in [2.45, 2.75) is 17.9 Å². The fraction of sp³-hybridized carbons (Fsp3) is 0.222. The summed E-state index contributed by atoms with van der Waals surface area (Å²) >= 11 is 0. The smallest absolute Gasteiger partial charge is 0.321 e. The van der Waals surface area contributed by atoms with Crippen molar-refractivity contribution in [1.82, 2.24) is 4.72 Å². The summed E-state index contributed by atoms with van der Waals surface area (Å²) in [7, 11) is -4.44. The number of carboxylic acids is 1. The second-order valence-electron chi connectivity index (χ2n) is 3.55. The van der Waals surface area contributed by atoms with E-state index < -0.39 is 43.4 Å². The van der Waals surface area contributed by atoms with Crippen LogP contribution in [0, 0.1) is 15.9 Å². The molecular formula is C9H9FN2O6S. The van der Waals surface area contributed by atoms with Crippen LogP contribution in [0.4, 0.5) is 10.1 Å². The van der Waals surface area contributed by atoms with E-state index in [1.807, 2.05) is 0 Å². The van der Waals surface area contributed by atoms with Gasteiger partial charge in [-0.25, -0.2) is 12.8 Å². The lowest BCUT2D eigenvalue weighted by Gasteiger charge is -2.10. The molecule has 0 unspecified atom stereocenters. The van der Waals surface area contributed by atoms with Gasteiger partial charge >= 0.3 is 5.97 Å². The third-order valence-electron chi connectivity index (χ3n) is 2.11. The van der Waals surface area contributed by atoms with Gasteiger partial charge in [-0.1, -0.05) is 0 Å². The van der Waals surface area contributed by atoms with Gasteiger partial charge in [0.1, 0.15) is 11.9 Å². The van der Waals surface area contributed by atoms with Gasteiger partial charge in [-0.15, -0.1) is 0 Å². The third-order valence-corrected chi connectivity index (χ3v) is 3.70. The topological polar surface area (TPSA) is 127 Å². The van der Waals surface area contributed by atoms with Gasteiger partial charge in [0.05, 0.1) is 11.0 Å². The van der Waals surface area contributed by atoms with Crippen LogP contribution in [-0.4, -0.2) is 30.5 Å². The zero-order valence-corrected chi connectivity index (χ0v) is 10.3. The number of aliphatic carboxylic acids is 1. The third kappa shape index (κ3) is 3.45. The van der Waals surface area contributed by atoms with Gasteiger partial charge in [0.25, 0.3) is 5.69 Å². The van der Waals surface area contributed by atoms with E-state index in [1.165, 1.54) is 0 Å². The summed E-state index contributed by atoms with van der Waals surface area (Å²) in [6, 6.07) is 0.395. The first-order valence-corrected chi connectivity index (χ1v) is 6.32. The summed E-state index contributed by atoms with van der Waals surface area (Å²) in [5.41, 5.74) is -0.968. The molecule has 1 aromatic rings. The highest BCUT2D eigenvalue weighted by molar-refractivity contribution is 7.89. The number of nitro benzene ring substituents is 1. The lowest BCUT2D eigenvalue weighted by atomic mass is 10.3. The average molecular weight is 292 g/mol. The standard InChI is InChI=1S/C9H9FN2O6S/c1-5(9(13)14)11-19(17,18)8-3-2-6(10)4-7(8)12(15)16/h2-5,11H,1H3,(H,13,14)/t5-/m0/s1. The Balaban J connectivity index is 3.29. The van der Waals surface area contributed by atoms with E-state index in [-0.39, 0.29) is 0 Å². The van der Waals surface area contributed by atoms with Crippen molar-refractivity contribution >= 4 is 21.7 Å². The van der Waals surface area contributed by atoms with Gasteiger partial charge in [0.2, 0.25) is 10.0 Å². The first-order valence-electron chi connectivity index (χ1n) is 4.84.